The highest BCUT2D eigenvalue weighted by molar-refractivity contribution is 7.81. The van der Waals surface area contributed by atoms with Crippen LogP contribution in [0.25, 0.3) is 0 Å². The molecule has 0 radical (unpaired) electrons. The second kappa shape index (κ2) is 16.8. The van der Waals surface area contributed by atoms with Gasteiger partial charge in [-0.2, -0.15) is 0 Å². The van der Waals surface area contributed by atoms with Crippen molar-refractivity contribution in [3.8, 4) is 12.8 Å². The van der Waals surface area contributed by atoms with Crippen LogP contribution < -0.4 is 5.32 Å². The number of nitrogens with zero attached hydrogens (tertiary/aromatic N) is 1. The van der Waals surface area contributed by atoms with E-state index in [-0.39, 0.29) is 18.1 Å². The molecule has 1 aliphatic heterocycles. The topological polar surface area (TPSA) is 67.9 Å². The van der Waals surface area contributed by atoms with Crippen LogP contribution in [-0.2, 0) is 37.3 Å². The molecule has 2 rings (SSSR count). The molecule has 0 aromatic heterocycles. The average molecular weight is 457 g/mol. The zero-order valence-electron chi connectivity index (χ0n) is 19.2. The fourth-order valence-corrected chi connectivity index (χ4v) is 4.19. The number of benzene rings is 1. The molecular formula is C23H37FN2O4S. The number of alkyl halides is 1. The molecule has 1 aromatic rings. The van der Waals surface area contributed by atoms with Gasteiger partial charge in [-0.1, -0.05) is 31.2 Å². The minimum absolute atomic E-state index is 0.189. The molecule has 0 aliphatic carbocycles. The van der Waals surface area contributed by atoms with Crippen molar-refractivity contribution in [1.82, 2.24) is 9.62 Å². The van der Waals surface area contributed by atoms with Gasteiger partial charge in [-0.05, 0) is 37.3 Å². The molecule has 1 fully saturated rings. The summed E-state index contributed by atoms with van der Waals surface area (Å²) in [4.78, 5) is 11.8. The molecule has 1 atom stereocenters. The molecule has 1 unspecified atom stereocenters. The number of ether oxygens (including phenoxy) is 2. The minimum atomic E-state index is -0.979. The molecule has 0 spiro atoms. The second-order valence-electron chi connectivity index (χ2n) is 6.84. The van der Waals surface area contributed by atoms with E-state index in [9.17, 15) is 13.4 Å². The lowest BCUT2D eigenvalue weighted by Crippen LogP contribution is -2.48. The van der Waals surface area contributed by atoms with Crippen molar-refractivity contribution in [3.05, 3.63) is 35.4 Å². The van der Waals surface area contributed by atoms with E-state index in [1.165, 1.54) is 0 Å². The SMILES string of the molecule is C#C.CCCN(Cc1ccc(C2(NCC(=O)OCC)CCOCC2)cc1)S(C)=O.CF. The third kappa shape index (κ3) is 9.92. The number of rotatable bonds is 10. The number of carbonyl (C=O) groups is 1. The standard InChI is InChI=1S/C20H32N2O4S.C2H2.CH3F/c1-4-12-22(27(3)24)16-17-6-8-18(9-7-17)20(10-13-25-14-11-20)21-15-19(23)26-5-2;2*1-2/h6-9,21H,4-5,10-16H2,1-3H3;1-2H;1H3. The van der Waals surface area contributed by atoms with E-state index in [1.54, 1.807) is 6.26 Å². The Morgan fingerprint density at radius 3 is 2.29 bits per heavy atom. The maximum atomic E-state index is 11.9. The molecule has 8 heteroatoms. The first-order valence-corrected chi connectivity index (χ1v) is 11.9. The van der Waals surface area contributed by atoms with Crippen molar-refractivity contribution in [2.45, 2.75) is 45.2 Å². The van der Waals surface area contributed by atoms with E-state index in [2.05, 4.69) is 49.4 Å². The summed E-state index contributed by atoms with van der Waals surface area (Å²) in [6.07, 6.45) is 12.3. The van der Waals surface area contributed by atoms with Crippen LogP contribution in [0.15, 0.2) is 24.3 Å². The van der Waals surface area contributed by atoms with Crippen LogP contribution in [0.2, 0.25) is 0 Å². The highest BCUT2D eigenvalue weighted by atomic mass is 32.2. The Morgan fingerprint density at radius 2 is 1.81 bits per heavy atom. The van der Waals surface area contributed by atoms with E-state index < -0.39 is 11.0 Å². The minimum Gasteiger partial charge on any atom is -0.465 e. The summed E-state index contributed by atoms with van der Waals surface area (Å²) in [5.41, 5.74) is 2.01. The van der Waals surface area contributed by atoms with E-state index in [1.807, 2.05) is 11.2 Å². The van der Waals surface area contributed by atoms with Gasteiger partial charge in [-0.15, -0.1) is 12.8 Å². The van der Waals surface area contributed by atoms with Crippen LogP contribution in [0.3, 0.4) is 0 Å². The molecule has 1 aromatic carbocycles. The van der Waals surface area contributed by atoms with Crippen LogP contribution in [0.5, 0.6) is 0 Å². The predicted octanol–water partition coefficient (Wildman–Crippen LogP) is 3.19. The molecule has 176 valence electrons. The number of carbonyl (C=O) groups excluding carboxylic acids is 1. The Bertz CT molecular complexity index is 661. The molecule has 31 heavy (non-hydrogen) atoms. The van der Waals surface area contributed by atoms with Crippen molar-refractivity contribution in [2.24, 2.45) is 0 Å². The smallest absolute Gasteiger partial charge is 0.319 e. The Morgan fingerprint density at radius 1 is 1.23 bits per heavy atom. The quantitative estimate of drug-likeness (QED) is 0.433. The number of halogens is 1. The summed E-state index contributed by atoms with van der Waals surface area (Å²) in [6, 6.07) is 8.41. The summed E-state index contributed by atoms with van der Waals surface area (Å²) in [5, 5.41) is 3.42. The molecular weight excluding hydrogens is 419 g/mol. The van der Waals surface area contributed by atoms with E-state index in [0.29, 0.717) is 33.5 Å². The van der Waals surface area contributed by atoms with Gasteiger partial charge < -0.3 is 9.47 Å². The highest BCUT2D eigenvalue weighted by Crippen LogP contribution is 2.32. The maximum absolute atomic E-state index is 11.9. The fourth-order valence-electron chi connectivity index (χ4n) is 3.42. The number of terminal acetylenes is 1. The molecule has 0 bridgehead atoms. The van der Waals surface area contributed by atoms with Gasteiger partial charge >= 0.3 is 5.97 Å². The Balaban J connectivity index is 0.00000212. The molecule has 0 saturated carbocycles. The highest BCUT2D eigenvalue weighted by Gasteiger charge is 2.34. The molecule has 1 saturated heterocycles. The van der Waals surface area contributed by atoms with Crippen LogP contribution in [-0.4, -0.2) is 60.8 Å². The fraction of sp³-hybridized carbons (Fsp3) is 0.609. The van der Waals surface area contributed by atoms with Gasteiger partial charge in [-0.3, -0.25) is 14.5 Å². The largest absolute Gasteiger partial charge is 0.465 e. The summed E-state index contributed by atoms with van der Waals surface area (Å²) >= 11 is 0. The van der Waals surface area contributed by atoms with Gasteiger partial charge in [0.15, 0.2) is 0 Å². The van der Waals surface area contributed by atoms with E-state index in [4.69, 9.17) is 9.47 Å². The van der Waals surface area contributed by atoms with Crippen molar-refractivity contribution >= 4 is 17.0 Å². The van der Waals surface area contributed by atoms with Gasteiger partial charge in [0.1, 0.15) is 0 Å². The van der Waals surface area contributed by atoms with Crippen molar-refractivity contribution in [3.63, 3.8) is 0 Å². The van der Waals surface area contributed by atoms with Gasteiger partial charge in [0.25, 0.3) is 0 Å². The normalized spacial score (nSPS) is 15.6. The predicted molar refractivity (Wildman–Crippen MR) is 124 cm³/mol. The number of esters is 1. The lowest BCUT2D eigenvalue weighted by atomic mass is 9.82. The third-order valence-electron chi connectivity index (χ3n) is 4.92. The summed E-state index contributed by atoms with van der Waals surface area (Å²) in [7, 11) is -0.479. The second-order valence-corrected chi connectivity index (χ2v) is 8.20. The Labute approximate surface area is 189 Å². The monoisotopic (exact) mass is 456 g/mol. The zero-order chi connectivity index (χ0) is 23.7. The Hall–Kier alpha value is -1.79. The van der Waals surface area contributed by atoms with Gasteiger partial charge in [-0.25, -0.2) is 8.51 Å². The summed E-state index contributed by atoms with van der Waals surface area (Å²) in [5.74, 6) is -0.236. The number of hydrogen-bond acceptors (Lipinski definition) is 5. The van der Waals surface area contributed by atoms with E-state index >= 15 is 0 Å². The lowest BCUT2D eigenvalue weighted by Gasteiger charge is -2.38. The van der Waals surface area contributed by atoms with Crippen LogP contribution in [0.4, 0.5) is 4.39 Å². The summed E-state index contributed by atoms with van der Waals surface area (Å²) in [6.45, 7) is 7.29. The molecule has 1 N–H and O–H groups in total. The van der Waals surface area contributed by atoms with Crippen molar-refractivity contribution < 1.29 is 22.9 Å². The zero-order valence-corrected chi connectivity index (χ0v) is 20.0. The van der Waals surface area contributed by atoms with Crippen LogP contribution in [0.1, 0.15) is 44.2 Å². The molecule has 1 aliphatic rings. The average Bonchev–Trinajstić information content (AvgIpc) is 2.81. The summed E-state index contributed by atoms with van der Waals surface area (Å²) < 4.78 is 33.9. The van der Waals surface area contributed by atoms with Gasteiger partial charge in [0, 0.05) is 38.1 Å². The molecule has 0 amide bonds. The maximum Gasteiger partial charge on any atom is 0.319 e. The first-order chi connectivity index (χ1) is 15.0. The number of hydrogen-bond donors (Lipinski definition) is 1. The lowest BCUT2D eigenvalue weighted by molar-refractivity contribution is -0.142. The number of nitrogens with one attached hydrogen (secondary N) is 1. The van der Waals surface area contributed by atoms with Crippen LogP contribution >= 0.6 is 0 Å². The first-order valence-electron chi connectivity index (χ1n) is 10.4. The molecule has 6 nitrogen and oxygen atoms in total. The van der Waals surface area contributed by atoms with Gasteiger partial charge in [0.05, 0.1) is 31.3 Å². The Kier molecular flexibility index (Phi) is 15.9. The van der Waals surface area contributed by atoms with Crippen LogP contribution in [0, 0.1) is 12.8 Å². The van der Waals surface area contributed by atoms with Crippen molar-refractivity contribution in [2.75, 3.05) is 46.3 Å². The first kappa shape index (κ1) is 29.2. The third-order valence-corrected chi connectivity index (χ3v) is 5.96. The van der Waals surface area contributed by atoms with E-state index in [0.717, 1.165) is 36.9 Å². The van der Waals surface area contributed by atoms with Crippen molar-refractivity contribution in [1.29, 1.82) is 0 Å². The molecule has 1 heterocycles. The van der Waals surface area contributed by atoms with Gasteiger partial charge in [0.2, 0.25) is 0 Å².